The predicted octanol–water partition coefficient (Wildman–Crippen LogP) is 3.92. The minimum atomic E-state index is 0.875. The molecule has 23 heavy (non-hydrogen) atoms. The molecule has 2 aromatic heterocycles. The van der Waals surface area contributed by atoms with Gasteiger partial charge in [0.05, 0.1) is 0 Å². The summed E-state index contributed by atoms with van der Waals surface area (Å²) in [5, 5.41) is 3.38. The molecule has 1 N–H and O–H groups in total. The quantitative estimate of drug-likeness (QED) is 0.669. The molecule has 118 valence electrons. The molecule has 0 aliphatic heterocycles. The van der Waals surface area contributed by atoms with E-state index in [-0.39, 0.29) is 0 Å². The lowest BCUT2D eigenvalue weighted by Gasteiger charge is -2.08. The molecular formula is C18H20N4S. The van der Waals surface area contributed by atoms with Gasteiger partial charge in [-0.05, 0) is 24.6 Å². The molecule has 0 atom stereocenters. The van der Waals surface area contributed by atoms with Gasteiger partial charge in [-0.2, -0.15) is 11.8 Å². The summed E-state index contributed by atoms with van der Waals surface area (Å²) < 4.78 is 1.90. The summed E-state index contributed by atoms with van der Waals surface area (Å²) in [4.78, 5) is 8.63. The van der Waals surface area contributed by atoms with Gasteiger partial charge in [-0.15, -0.1) is 0 Å². The molecule has 0 aliphatic carbocycles. The van der Waals surface area contributed by atoms with Crippen LogP contribution < -0.4 is 5.32 Å². The van der Waals surface area contributed by atoms with Gasteiger partial charge in [0, 0.05) is 30.4 Å². The molecule has 5 heteroatoms. The summed E-state index contributed by atoms with van der Waals surface area (Å²) in [5.74, 6) is 3.86. The van der Waals surface area contributed by atoms with E-state index in [1.165, 1.54) is 11.1 Å². The molecule has 0 fully saturated rings. The molecule has 0 unspecified atom stereocenters. The van der Waals surface area contributed by atoms with Crippen LogP contribution in [0.4, 0.5) is 5.82 Å². The van der Waals surface area contributed by atoms with E-state index in [2.05, 4.69) is 46.5 Å². The van der Waals surface area contributed by atoms with Crippen molar-refractivity contribution in [3.63, 3.8) is 0 Å². The first-order chi connectivity index (χ1) is 11.3. The lowest BCUT2D eigenvalue weighted by Crippen LogP contribution is -2.07. The van der Waals surface area contributed by atoms with Crippen LogP contribution in [-0.4, -0.2) is 26.8 Å². The van der Waals surface area contributed by atoms with Gasteiger partial charge in [-0.3, -0.25) is 4.57 Å². The Bertz CT molecular complexity index is 723. The van der Waals surface area contributed by atoms with E-state index in [0.29, 0.717) is 0 Å². The lowest BCUT2D eigenvalue weighted by molar-refractivity contribution is 0.989. The number of rotatable bonds is 7. The third-order valence-electron chi connectivity index (χ3n) is 3.45. The molecule has 0 saturated heterocycles. The predicted molar refractivity (Wildman–Crippen MR) is 97.2 cm³/mol. The van der Waals surface area contributed by atoms with Gasteiger partial charge in [-0.1, -0.05) is 35.9 Å². The number of thioether (sulfide) groups is 1. The molecule has 0 spiro atoms. The van der Waals surface area contributed by atoms with Crippen LogP contribution in [0.15, 0.2) is 61.2 Å². The molecule has 3 aromatic rings. The van der Waals surface area contributed by atoms with E-state index < -0.39 is 0 Å². The van der Waals surface area contributed by atoms with Gasteiger partial charge in [0.25, 0.3) is 0 Å². The Morgan fingerprint density at radius 1 is 1.13 bits per heavy atom. The zero-order valence-corrected chi connectivity index (χ0v) is 14.0. The number of hydrogen-bond acceptors (Lipinski definition) is 4. The summed E-state index contributed by atoms with van der Waals surface area (Å²) in [6, 6.07) is 14.7. The highest BCUT2D eigenvalue weighted by Gasteiger charge is 1.99. The number of imidazole rings is 1. The molecule has 3 rings (SSSR count). The highest BCUT2D eigenvalue weighted by molar-refractivity contribution is 7.98. The minimum absolute atomic E-state index is 0.875. The van der Waals surface area contributed by atoms with Crippen LogP contribution >= 0.6 is 11.8 Å². The molecule has 0 amide bonds. The summed E-state index contributed by atoms with van der Waals surface area (Å²) in [6.07, 6.45) is 5.40. The summed E-state index contributed by atoms with van der Waals surface area (Å²) in [5.41, 5.74) is 2.69. The Kier molecular flexibility index (Phi) is 5.32. The van der Waals surface area contributed by atoms with Crippen molar-refractivity contribution in [2.24, 2.45) is 0 Å². The summed E-state index contributed by atoms with van der Waals surface area (Å²) in [6.45, 7) is 3.02. The second-order valence-electron chi connectivity index (χ2n) is 5.32. The monoisotopic (exact) mass is 324 g/mol. The molecule has 0 saturated carbocycles. The molecule has 2 heterocycles. The number of aryl methyl sites for hydroxylation is 1. The number of benzene rings is 1. The lowest BCUT2D eigenvalue weighted by atomic mass is 10.2. The van der Waals surface area contributed by atoms with Crippen molar-refractivity contribution in [3.05, 3.63) is 72.3 Å². The SMILES string of the molecule is Cc1ccc(CSCCNc2cccc(-n3ccnc3)n2)cc1. The smallest absolute Gasteiger partial charge is 0.140 e. The first kappa shape index (κ1) is 15.6. The van der Waals surface area contributed by atoms with Crippen molar-refractivity contribution in [1.82, 2.24) is 14.5 Å². The third kappa shape index (κ3) is 4.60. The van der Waals surface area contributed by atoms with Crippen molar-refractivity contribution in [2.75, 3.05) is 17.6 Å². The Balaban J connectivity index is 1.44. The highest BCUT2D eigenvalue weighted by Crippen LogP contribution is 2.13. The minimum Gasteiger partial charge on any atom is -0.369 e. The van der Waals surface area contributed by atoms with E-state index in [1.807, 2.05) is 40.7 Å². The van der Waals surface area contributed by atoms with Gasteiger partial charge in [0.15, 0.2) is 0 Å². The van der Waals surface area contributed by atoms with Gasteiger partial charge in [0.1, 0.15) is 18.0 Å². The van der Waals surface area contributed by atoms with Crippen LogP contribution in [-0.2, 0) is 5.75 Å². The van der Waals surface area contributed by atoms with Crippen molar-refractivity contribution >= 4 is 17.6 Å². The van der Waals surface area contributed by atoms with Crippen LogP contribution in [0.2, 0.25) is 0 Å². The van der Waals surface area contributed by atoms with E-state index in [4.69, 9.17) is 0 Å². The zero-order chi connectivity index (χ0) is 15.9. The van der Waals surface area contributed by atoms with Gasteiger partial charge < -0.3 is 5.32 Å². The maximum atomic E-state index is 4.58. The zero-order valence-electron chi connectivity index (χ0n) is 13.1. The van der Waals surface area contributed by atoms with Crippen LogP contribution in [0.5, 0.6) is 0 Å². The first-order valence-electron chi connectivity index (χ1n) is 7.64. The van der Waals surface area contributed by atoms with E-state index in [0.717, 1.165) is 29.7 Å². The molecule has 0 aliphatic rings. The largest absolute Gasteiger partial charge is 0.369 e. The van der Waals surface area contributed by atoms with Gasteiger partial charge in [-0.25, -0.2) is 9.97 Å². The van der Waals surface area contributed by atoms with Crippen LogP contribution in [0.1, 0.15) is 11.1 Å². The Hall–Kier alpha value is -2.27. The fourth-order valence-electron chi connectivity index (χ4n) is 2.19. The number of hydrogen-bond donors (Lipinski definition) is 1. The van der Waals surface area contributed by atoms with Crippen molar-refractivity contribution in [2.45, 2.75) is 12.7 Å². The number of nitrogens with zero attached hydrogens (tertiary/aromatic N) is 3. The second kappa shape index (κ2) is 7.83. The Labute approximate surface area is 141 Å². The number of pyridine rings is 1. The first-order valence-corrected chi connectivity index (χ1v) is 8.79. The standard InChI is InChI=1S/C18H20N4S/c1-15-5-7-16(8-6-15)13-23-12-10-20-17-3-2-4-18(21-17)22-11-9-19-14-22/h2-9,11,14H,10,12-13H2,1H3,(H,20,21). The van der Waals surface area contributed by atoms with E-state index >= 15 is 0 Å². The van der Waals surface area contributed by atoms with Crippen LogP contribution in [0.25, 0.3) is 5.82 Å². The molecular weight excluding hydrogens is 304 g/mol. The van der Waals surface area contributed by atoms with Crippen molar-refractivity contribution in [1.29, 1.82) is 0 Å². The average molecular weight is 324 g/mol. The second-order valence-corrected chi connectivity index (χ2v) is 6.42. The summed E-state index contributed by atoms with van der Waals surface area (Å²) >= 11 is 1.93. The highest BCUT2D eigenvalue weighted by atomic mass is 32.2. The fraction of sp³-hybridized carbons (Fsp3) is 0.222. The molecule has 4 nitrogen and oxygen atoms in total. The van der Waals surface area contributed by atoms with Crippen molar-refractivity contribution < 1.29 is 0 Å². The Morgan fingerprint density at radius 3 is 2.78 bits per heavy atom. The molecule has 0 radical (unpaired) electrons. The molecule has 1 aromatic carbocycles. The number of nitrogens with one attached hydrogen (secondary N) is 1. The third-order valence-corrected chi connectivity index (χ3v) is 4.48. The van der Waals surface area contributed by atoms with Gasteiger partial charge in [0.2, 0.25) is 0 Å². The normalized spacial score (nSPS) is 10.7. The van der Waals surface area contributed by atoms with Crippen LogP contribution in [0, 0.1) is 6.92 Å². The fourth-order valence-corrected chi connectivity index (χ4v) is 3.00. The topological polar surface area (TPSA) is 42.7 Å². The number of anilines is 1. The van der Waals surface area contributed by atoms with Gasteiger partial charge >= 0.3 is 0 Å². The average Bonchev–Trinajstić information content (AvgIpc) is 3.11. The van der Waals surface area contributed by atoms with E-state index in [1.54, 1.807) is 12.5 Å². The molecule has 0 bridgehead atoms. The Morgan fingerprint density at radius 2 is 2.00 bits per heavy atom. The summed E-state index contributed by atoms with van der Waals surface area (Å²) in [7, 11) is 0. The van der Waals surface area contributed by atoms with Crippen molar-refractivity contribution in [3.8, 4) is 5.82 Å². The number of aromatic nitrogens is 3. The van der Waals surface area contributed by atoms with Crippen LogP contribution in [0.3, 0.4) is 0 Å². The maximum Gasteiger partial charge on any atom is 0.140 e. The maximum absolute atomic E-state index is 4.58. The van der Waals surface area contributed by atoms with E-state index in [9.17, 15) is 0 Å².